The Balaban J connectivity index is 2.48. The highest BCUT2D eigenvalue weighted by Gasteiger charge is 2.18. The predicted octanol–water partition coefficient (Wildman–Crippen LogP) is 3.68. The number of aryl methyl sites for hydroxylation is 1. The van der Waals surface area contributed by atoms with Crippen molar-refractivity contribution in [3.05, 3.63) is 46.1 Å². The first-order chi connectivity index (χ1) is 10.1. The first-order valence-electron chi connectivity index (χ1n) is 6.68. The van der Waals surface area contributed by atoms with E-state index in [1.165, 1.54) is 0 Å². The number of halogens is 1. The summed E-state index contributed by atoms with van der Waals surface area (Å²) >= 11 is 11.0. The molecule has 0 atom stereocenters. The summed E-state index contributed by atoms with van der Waals surface area (Å²) in [5.41, 5.74) is 8.40. The monoisotopic (exact) mass is 321 g/mol. The van der Waals surface area contributed by atoms with Gasteiger partial charge < -0.3 is 10.5 Å². The van der Waals surface area contributed by atoms with Gasteiger partial charge in [-0.3, -0.25) is 0 Å². The number of hydrogen-bond donors (Lipinski definition) is 1. The zero-order chi connectivity index (χ0) is 15.4. The summed E-state index contributed by atoms with van der Waals surface area (Å²) in [5, 5.41) is 8.97. The fraction of sp³-hybridized carbons (Fsp3) is 0.267. The van der Waals surface area contributed by atoms with E-state index in [1.54, 1.807) is 24.3 Å². The topological polar surface area (TPSA) is 61.0 Å². The maximum absolute atomic E-state index is 5.86. The van der Waals surface area contributed by atoms with E-state index < -0.39 is 0 Å². The summed E-state index contributed by atoms with van der Waals surface area (Å²) in [5.74, 6) is 0.941. The van der Waals surface area contributed by atoms with Crippen molar-refractivity contribution < 1.29 is 4.74 Å². The molecule has 0 aliphatic rings. The second kappa shape index (κ2) is 6.83. The number of ether oxygens (including phenoxy) is 1. The molecule has 2 rings (SSSR count). The molecule has 0 amide bonds. The Kier molecular flexibility index (Phi) is 5.09. The van der Waals surface area contributed by atoms with E-state index >= 15 is 0 Å². The van der Waals surface area contributed by atoms with Crippen LogP contribution in [0.3, 0.4) is 0 Å². The van der Waals surface area contributed by atoms with E-state index in [4.69, 9.17) is 34.3 Å². The van der Waals surface area contributed by atoms with Crippen molar-refractivity contribution in [3.63, 3.8) is 0 Å². The lowest BCUT2D eigenvalue weighted by Crippen LogP contribution is -2.17. The molecule has 1 aromatic heterocycles. The summed E-state index contributed by atoms with van der Waals surface area (Å²) < 4.78 is 5.77. The molecule has 0 aliphatic heterocycles. The van der Waals surface area contributed by atoms with Gasteiger partial charge in [0.2, 0.25) is 5.88 Å². The molecule has 0 radical (unpaired) electrons. The van der Waals surface area contributed by atoms with Crippen LogP contribution in [0.4, 0.5) is 0 Å². The standard InChI is InChI=1S/C15H16ClN3OS/c1-3-11-12(4-2)18-19-15(13(11)14(17)21)20-10-7-5-9(16)6-8-10/h5-8H,3-4H2,1-2H3,(H2,17,21). The van der Waals surface area contributed by atoms with Crippen LogP contribution >= 0.6 is 23.8 Å². The van der Waals surface area contributed by atoms with Gasteiger partial charge in [0.05, 0.1) is 11.3 Å². The molecule has 0 spiro atoms. The molecule has 2 N–H and O–H groups in total. The number of benzene rings is 1. The second-order valence-electron chi connectivity index (χ2n) is 4.43. The van der Waals surface area contributed by atoms with E-state index in [9.17, 15) is 0 Å². The molecular weight excluding hydrogens is 306 g/mol. The van der Waals surface area contributed by atoms with Crippen molar-refractivity contribution in [1.82, 2.24) is 10.2 Å². The highest BCUT2D eigenvalue weighted by atomic mass is 35.5. The van der Waals surface area contributed by atoms with Crippen molar-refractivity contribution >= 4 is 28.8 Å². The van der Waals surface area contributed by atoms with Gasteiger partial charge in [-0.15, -0.1) is 5.10 Å². The van der Waals surface area contributed by atoms with Crippen LogP contribution in [0.25, 0.3) is 0 Å². The Labute approximate surface area is 134 Å². The average Bonchev–Trinajstić information content (AvgIpc) is 2.48. The van der Waals surface area contributed by atoms with Crippen molar-refractivity contribution in [2.24, 2.45) is 5.73 Å². The third kappa shape index (κ3) is 3.49. The van der Waals surface area contributed by atoms with Crippen LogP contribution < -0.4 is 10.5 Å². The van der Waals surface area contributed by atoms with Crippen LogP contribution in [0.15, 0.2) is 24.3 Å². The molecule has 0 saturated heterocycles. The minimum absolute atomic E-state index is 0.264. The quantitative estimate of drug-likeness (QED) is 0.851. The third-order valence-corrected chi connectivity index (χ3v) is 3.54. The summed E-state index contributed by atoms with van der Waals surface area (Å²) in [7, 11) is 0. The lowest BCUT2D eigenvalue weighted by molar-refractivity contribution is 0.451. The maximum atomic E-state index is 5.86. The summed E-state index contributed by atoms with van der Waals surface area (Å²) in [6, 6.07) is 7.00. The third-order valence-electron chi connectivity index (χ3n) is 3.09. The van der Waals surface area contributed by atoms with Gasteiger partial charge in [-0.25, -0.2) is 0 Å². The summed E-state index contributed by atoms with van der Waals surface area (Å²) in [6.45, 7) is 4.05. The van der Waals surface area contributed by atoms with Crippen LogP contribution in [-0.4, -0.2) is 15.2 Å². The number of aromatic nitrogens is 2. The largest absolute Gasteiger partial charge is 0.437 e. The van der Waals surface area contributed by atoms with Gasteiger partial charge in [-0.05, 0) is 42.7 Å². The Morgan fingerprint density at radius 3 is 2.38 bits per heavy atom. The van der Waals surface area contributed by atoms with Gasteiger partial charge in [0, 0.05) is 5.02 Å². The molecule has 0 aliphatic carbocycles. The minimum atomic E-state index is 0.264. The summed E-state index contributed by atoms with van der Waals surface area (Å²) in [4.78, 5) is 0.264. The van der Waals surface area contributed by atoms with Crippen molar-refractivity contribution in [3.8, 4) is 11.6 Å². The lowest BCUT2D eigenvalue weighted by atomic mass is 10.0. The number of thiocarbonyl (C=S) groups is 1. The van der Waals surface area contributed by atoms with Crippen molar-refractivity contribution in [1.29, 1.82) is 0 Å². The fourth-order valence-electron chi connectivity index (χ4n) is 2.09. The van der Waals surface area contributed by atoms with Gasteiger partial charge >= 0.3 is 0 Å². The molecule has 4 nitrogen and oxygen atoms in total. The molecular formula is C15H16ClN3OS. The SMILES string of the molecule is CCc1nnc(Oc2ccc(Cl)cc2)c(C(N)=S)c1CC. The van der Waals surface area contributed by atoms with Crippen molar-refractivity contribution in [2.75, 3.05) is 0 Å². The van der Waals surface area contributed by atoms with E-state index in [0.717, 1.165) is 24.1 Å². The number of rotatable bonds is 5. The first-order valence-corrected chi connectivity index (χ1v) is 7.47. The molecule has 1 heterocycles. The van der Waals surface area contributed by atoms with Gasteiger partial charge in [0.15, 0.2) is 0 Å². The van der Waals surface area contributed by atoms with Crippen LogP contribution in [-0.2, 0) is 12.8 Å². The van der Waals surface area contributed by atoms with E-state index in [1.807, 2.05) is 13.8 Å². The number of nitrogens with two attached hydrogens (primary N) is 1. The van der Waals surface area contributed by atoms with Gasteiger partial charge in [0.25, 0.3) is 0 Å². The molecule has 0 bridgehead atoms. The maximum Gasteiger partial charge on any atom is 0.249 e. The summed E-state index contributed by atoms with van der Waals surface area (Å²) in [6.07, 6.45) is 1.54. The van der Waals surface area contributed by atoms with Crippen molar-refractivity contribution in [2.45, 2.75) is 26.7 Å². The van der Waals surface area contributed by atoms with Gasteiger partial charge in [-0.1, -0.05) is 37.7 Å². The number of nitrogens with zero attached hydrogens (tertiary/aromatic N) is 2. The number of hydrogen-bond acceptors (Lipinski definition) is 4. The normalized spacial score (nSPS) is 10.4. The zero-order valence-corrected chi connectivity index (χ0v) is 13.5. The van der Waals surface area contributed by atoms with Crippen LogP contribution in [0.5, 0.6) is 11.6 Å². The van der Waals surface area contributed by atoms with E-state index in [0.29, 0.717) is 22.2 Å². The molecule has 110 valence electrons. The Bertz CT molecular complexity index is 659. The van der Waals surface area contributed by atoms with Crippen LogP contribution in [0.1, 0.15) is 30.7 Å². The lowest BCUT2D eigenvalue weighted by Gasteiger charge is -2.14. The molecule has 0 saturated carbocycles. The molecule has 21 heavy (non-hydrogen) atoms. The molecule has 1 aromatic carbocycles. The Morgan fingerprint density at radius 1 is 1.19 bits per heavy atom. The Hall–Kier alpha value is -1.72. The van der Waals surface area contributed by atoms with Gasteiger partial charge in [0.1, 0.15) is 10.7 Å². The smallest absolute Gasteiger partial charge is 0.249 e. The van der Waals surface area contributed by atoms with E-state index in [-0.39, 0.29) is 4.99 Å². The van der Waals surface area contributed by atoms with E-state index in [2.05, 4.69) is 10.2 Å². The molecule has 6 heteroatoms. The fourth-order valence-corrected chi connectivity index (χ4v) is 2.43. The highest BCUT2D eigenvalue weighted by Crippen LogP contribution is 2.27. The minimum Gasteiger partial charge on any atom is -0.437 e. The van der Waals surface area contributed by atoms with Gasteiger partial charge in [-0.2, -0.15) is 5.10 Å². The Morgan fingerprint density at radius 2 is 1.86 bits per heavy atom. The zero-order valence-electron chi connectivity index (χ0n) is 11.9. The second-order valence-corrected chi connectivity index (χ2v) is 5.31. The average molecular weight is 322 g/mol. The molecule has 2 aromatic rings. The first kappa shape index (κ1) is 15.7. The highest BCUT2D eigenvalue weighted by molar-refractivity contribution is 7.80. The van der Waals surface area contributed by atoms with Crippen LogP contribution in [0, 0.1) is 0 Å². The molecule has 0 unspecified atom stereocenters. The molecule has 0 fully saturated rings. The van der Waals surface area contributed by atoms with Crippen LogP contribution in [0.2, 0.25) is 5.02 Å². The predicted molar refractivity (Wildman–Crippen MR) is 88.2 cm³/mol.